The van der Waals surface area contributed by atoms with Gasteiger partial charge in [-0.2, -0.15) is 0 Å². The Morgan fingerprint density at radius 1 is 1.21 bits per heavy atom. The molecule has 0 bridgehead atoms. The first kappa shape index (κ1) is 11.5. The van der Waals surface area contributed by atoms with Crippen LogP contribution in [0.2, 0.25) is 0 Å². The first-order valence-electron chi connectivity index (χ1n) is 5.98. The van der Waals surface area contributed by atoms with E-state index >= 15 is 0 Å². The summed E-state index contributed by atoms with van der Waals surface area (Å²) in [5.74, 6) is 2.06. The lowest BCUT2D eigenvalue weighted by molar-refractivity contribution is 0.488. The Balaban J connectivity index is 2.18. The molecule has 82 valence electrons. The molecule has 0 fully saturated rings. The molecule has 2 heteroatoms. The molecule has 0 aliphatic carbocycles. The van der Waals surface area contributed by atoms with Gasteiger partial charge in [0, 0.05) is 19.0 Å². The van der Waals surface area contributed by atoms with E-state index < -0.39 is 0 Å². The van der Waals surface area contributed by atoms with Crippen molar-refractivity contribution in [2.45, 2.75) is 58.9 Å². The zero-order chi connectivity index (χ0) is 10.4. The van der Waals surface area contributed by atoms with Crippen molar-refractivity contribution in [3.8, 4) is 0 Å². The van der Waals surface area contributed by atoms with Gasteiger partial charge in [-0.25, -0.2) is 0 Å². The molecule has 1 atom stereocenters. The van der Waals surface area contributed by atoms with Gasteiger partial charge in [-0.3, -0.25) is 4.99 Å². The molecule has 1 rings (SSSR count). The minimum Gasteiger partial charge on any atom is -0.371 e. The van der Waals surface area contributed by atoms with Crippen LogP contribution in [0.5, 0.6) is 0 Å². The average Bonchev–Trinajstić information content (AvgIpc) is 2.16. The van der Waals surface area contributed by atoms with Crippen molar-refractivity contribution in [1.82, 2.24) is 5.32 Å². The summed E-state index contributed by atoms with van der Waals surface area (Å²) in [5, 5.41) is 3.52. The van der Waals surface area contributed by atoms with E-state index in [1.54, 1.807) is 0 Å². The second kappa shape index (κ2) is 6.05. The molecule has 0 aromatic carbocycles. The summed E-state index contributed by atoms with van der Waals surface area (Å²) in [6.45, 7) is 7.86. The van der Waals surface area contributed by atoms with Gasteiger partial charge in [0.05, 0.1) is 5.84 Å². The van der Waals surface area contributed by atoms with Gasteiger partial charge in [-0.15, -0.1) is 0 Å². The second-order valence-corrected chi connectivity index (χ2v) is 4.80. The molecule has 0 amide bonds. The fourth-order valence-corrected chi connectivity index (χ4v) is 1.76. The average molecular weight is 196 g/mol. The highest BCUT2D eigenvalue weighted by Crippen LogP contribution is 2.09. The summed E-state index contributed by atoms with van der Waals surface area (Å²) in [7, 11) is 0. The van der Waals surface area contributed by atoms with E-state index in [2.05, 4.69) is 31.1 Å². The van der Waals surface area contributed by atoms with Crippen molar-refractivity contribution < 1.29 is 0 Å². The summed E-state index contributed by atoms with van der Waals surface area (Å²) >= 11 is 0. The van der Waals surface area contributed by atoms with E-state index in [0.717, 1.165) is 18.9 Å². The zero-order valence-electron chi connectivity index (χ0n) is 9.84. The van der Waals surface area contributed by atoms with E-state index in [-0.39, 0.29) is 0 Å². The van der Waals surface area contributed by atoms with E-state index in [4.69, 9.17) is 0 Å². The zero-order valence-corrected chi connectivity index (χ0v) is 9.84. The van der Waals surface area contributed by atoms with Gasteiger partial charge in [0.25, 0.3) is 0 Å². The lowest BCUT2D eigenvalue weighted by Gasteiger charge is -2.20. The van der Waals surface area contributed by atoms with Gasteiger partial charge >= 0.3 is 0 Å². The van der Waals surface area contributed by atoms with Crippen LogP contribution in [0, 0.1) is 5.92 Å². The fraction of sp³-hybridized carbons (Fsp3) is 0.917. The van der Waals surface area contributed by atoms with Gasteiger partial charge < -0.3 is 5.32 Å². The van der Waals surface area contributed by atoms with E-state index in [1.165, 1.54) is 31.5 Å². The van der Waals surface area contributed by atoms with Crippen LogP contribution in [0.25, 0.3) is 0 Å². The van der Waals surface area contributed by atoms with Crippen LogP contribution in [0.4, 0.5) is 0 Å². The van der Waals surface area contributed by atoms with Gasteiger partial charge in [0.15, 0.2) is 0 Å². The Labute approximate surface area is 88.2 Å². The second-order valence-electron chi connectivity index (χ2n) is 4.80. The van der Waals surface area contributed by atoms with Crippen molar-refractivity contribution in [2.24, 2.45) is 10.9 Å². The van der Waals surface area contributed by atoms with Crippen LogP contribution < -0.4 is 5.32 Å². The maximum absolute atomic E-state index is 4.50. The Morgan fingerprint density at radius 2 is 2.00 bits per heavy atom. The molecule has 0 radical (unpaired) electrons. The monoisotopic (exact) mass is 196 g/mol. The summed E-state index contributed by atoms with van der Waals surface area (Å²) in [6, 6.07) is 0.592. The summed E-state index contributed by atoms with van der Waals surface area (Å²) in [6.07, 6.45) is 6.30. The summed E-state index contributed by atoms with van der Waals surface area (Å²) in [5.41, 5.74) is 0. The third-order valence-corrected chi connectivity index (χ3v) is 2.71. The van der Waals surface area contributed by atoms with Crippen molar-refractivity contribution >= 4 is 5.84 Å². The molecular weight excluding hydrogens is 172 g/mol. The molecule has 1 aliphatic rings. The first-order chi connectivity index (χ1) is 6.68. The van der Waals surface area contributed by atoms with Crippen LogP contribution in [-0.4, -0.2) is 18.4 Å². The first-order valence-corrected chi connectivity index (χ1v) is 5.98. The van der Waals surface area contributed by atoms with Gasteiger partial charge in [0.2, 0.25) is 0 Å². The van der Waals surface area contributed by atoms with Crippen LogP contribution in [0.15, 0.2) is 4.99 Å². The molecule has 1 unspecified atom stereocenters. The molecule has 0 saturated heterocycles. The van der Waals surface area contributed by atoms with Crippen LogP contribution in [-0.2, 0) is 0 Å². The lowest BCUT2D eigenvalue weighted by Crippen LogP contribution is -2.34. The minimum absolute atomic E-state index is 0.592. The number of aliphatic imine (C=N–C) groups is 1. The molecule has 1 N–H and O–H groups in total. The van der Waals surface area contributed by atoms with Crippen molar-refractivity contribution in [2.75, 3.05) is 6.54 Å². The molecule has 1 heterocycles. The van der Waals surface area contributed by atoms with Gasteiger partial charge in [-0.1, -0.05) is 13.8 Å². The quantitative estimate of drug-likeness (QED) is 0.734. The molecule has 0 aromatic heterocycles. The van der Waals surface area contributed by atoms with E-state index in [0.29, 0.717) is 6.04 Å². The maximum Gasteiger partial charge on any atom is 0.0965 e. The van der Waals surface area contributed by atoms with Gasteiger partial charge in [0.1, 0.15) is 0 Å². The largest absolute Gasteiger partial charge is 0.371 e. The topological polar surface area (TPSA) is 24.4 Å². The highest BCUT2D eigenvalue weighted by Gasteiger charge is 2.08. The highest BCUT2D eigenvalue weighted by molar-refractivity contribution is 5.82. The van der Waals surface area contributed by atoms with Crippen LogP contribution in [0.1, 0.15) is 52.9 Å². The number of amidine groups is 1. The Bertz CT molecular complexity index is 185. The van der Waals surface area contributed by atoms with Crippen molar-refractivity contribution in [3.63, 3.8) is 0 Å². The third-order valence-electron chi connectivity index (χ3n) is 2.71. The van der Waals surface area contributed by atoms with E-state index in [9.17, 15) is 0 Å². The number of rotatable bonds is 4. The highest BCUT2D eigenvalue weighted by atomic mass is 15.0. The molecule has 0 saturated carbocycles. The molecule has 2 nitrogen and oxygen atoms in total. The van der Waals surface area contributed by atoms with Crippen molar-refractivity contribution in [3.05, 3.63) is 0 Å². The maximum atomic E-state index is 4.50. The normalized spacial score (nSPS) is 19.3. The Kier molecular flexibility index (Phi) is 4.99. The third kappa shape index (κ3) is 4.64. The SMILES string of the molecule is CC(C)CCC(C)NC1=NCCCC1. The smallest absolute Gasteiger partial charge is 0.0965 e. The molecule has 0 spiro atoms. The van der Waals surface area contributed by atoms with Crippen LogP contribution in [0.3, 0.4) is 0 Å². The number of nitrogens with one attached hydrogen (secondary N) is 1. The van der Waals surface area contributed by atoms with Crippen molar-refractivity contribution in [1.29, 1.82) is 0 Å². The number of hydrogen-bond acceptors (Lipinski definition) is 2. The predicted molar refractivity (Wildman–Crippen MR) is 62.8 cm³/mol. The summed E-state index contributed by atoms with van der Waals surface area (Å²) < 4.78 is 0. The number of nitrogens with zero attached hydrogens (tertiary/aromatic N) is 1. The summed E-state index contributed by atoms with van der Waals surface area (Å²) in [4.78, 5) is 4.50. The molecule has 14 heavy (non-hydrogen) atoms. The molecule has 1 aliphatic heterocycles. The minimum atomic E-state index is 0.592. The number of hydrogen-bond donors (Lipinski definition) is 1. The van der Waals surface area contributed by atoms with Gasteiger partial charge in [-0.05, 0) is 38.5 Å². The lowest BCUT2D eigenvalue weighted by atomic mass is 10.0. The molecular formula is C12H24N2. The van der Waals surface area contributed by atoms with Crippen LogP contribution >= 0.6 is 0 Å². The molecule has 0 aromatic rings. The Morgan fingerprint density at radius 3 is 2.57 bits per heavy atom. The Hall–Kier alpha value is -0.530. The fourth-order valence-electron chi connectivity index (χ4n) is 1.76. The van der Waals surface area contributed by atoms with E-state index in [1.807, 2.05) is 0 Å². The standard InChI is InChI=1S/C12H24N2/c1-10(2)7-8-11(3)14-12-6-4-5-9-13-12/h10-11H,4-9H2,1-3H3,(H,13,14). The predicted octanol–water partition coefficient (Wildman–Crippen LogP) is 2.98.